The molecule has 8 nitrogen and oxygen atoms in total. The lowest BCUT2D eigenvalue weighted by Crippen LogP contribution is -2.47. The number of hydrogen-bond acceptors (Lipinski definition) is 7. The molecular weight excluding hydrogens is 525 g/mol. The third-order valence-electron chi connectivity index (χ3n) is 5.30. The molecule has 1 aromatic carbocycles. The molecule has 1 amide bonds. The van der Waals surface area contributed by atoms with Crippen molar-refractivity contribution in [3.63, 3.8) is 0 Å². The Kier molecular flexibility index (Phi) is 7.53. The van der Waals surface area contributed by atoms with Crippen LogP contribution in [0.25, 0.3) is 10.2 Å². The maximum Gasteiger partial charge on any atom is 0.326 e. The quantitative estimate of drug-likeness (QED) is 0.439. The number of rotatable bonds is 6. The number of para-hydroxylation sites is 1. The molecule has 1 unspecified atom stereocenters. The number of hydrogen-bond donors (Lipinski definition) is 0. The van der Waals surface area contributed by atoms with Gasteiger partial charge in [0.1, 0.15) is 22.6 Å². The molecule has 34 heavy (non-hydrogen) atoms. The average molecular weight is 546 g/mol. The number of thiophene rings is 1. The van der Waals surface area contributed by atoms with Crippen molar-refractivity contribution >= 4 is 66.4 Å². The largest absolute Gasteiger partial charge is 0.465 e. The molecule has 1 atom stereocenters. The summed E-state index contributed by atoms with van der Waals surface area (Å²) in [7, 11) is -3.95. The van der Waals surface area contributed by atoms with Crippen molar-refractivity contribution in [1.82, 2.24) is 8.87 Å². The van der Waals surface area contributed by atoms with Gasteiger partial charge in [-0.2, -0.15) is 9.30 Å². The highest BCUT2D eigenvalue weighted by molar-refractivity contribution is 7.91. The van der Waals surface area contributed by atoms with Crippen LogP contribution >= 0.6 is 34.3 Å². The van der Waals surface area contributed by atoms with Crippen molar-refractivity contribution in [3.8, 4) is 0 Å². The molecule has 1 saturated heterocycles. The number of fused-ring (bicyclic) bond motifs is 1. The zero-order valence-corrected chi connectivity index (χ0v) is 21.3. The number of carbonyl (C=O) groups excluding carboxylic acids is 2. The van der Waals surface area contributed by atoms with Gasteiger partial charge in [-0.15, -0.1) is 11.3 Å². The highest BCUT2D eigenvalue weighted by Gasteiger charge is 2.38. The van der Waals surface area contributed by atoms with E-state index in [1.807, 2.05) is 0 Å². The number of amides is 1. The predicted molar refractivity (Wildman–Crippen MR) is 128 cm³/mol. The van der Waals surface area contributed by atoms with Gasteiger partial charge in [-0.05, 0) is 44.0 Å². The van der Waals surface area contributed by atoms with Crippen LogP contribution in [0.15, 0.2) is 39.5 Å². The van der Waals surface area contributed by atoms with Crippen molar-refractivity contribution in [2.75, 3.05) is 13.2 Å². The summed E-state index contributed by atoms with van der Waals surface area (Å²) in [5.41, 5.74) is 0.133. The van der Waals surface area contributed by atoms with E-state index in [2.05, 4.69) is 4.99 Å². The normalized spacial score (nSPS) is 17.9. The van der Waals surface area contributed by atoms with Crippen LogP contribution < -0.4 is 4.80 Å². The Bertz CT molecular complexity index is 1410. The van der Waals surface area contributed by atoms with Crippen molar-refractivity contribution in [2.45, 2.75) is 43.0 Å². The number of esters is 1. The van der Waals surface area contributed by atoms with E-state index < -0.39 is 33.8 Å². The van der Waals surface area contributed by atoms with E-state index in [1.165, 1.54) is 28.8 Å². The SMILES string of the molecule is CCOC(=O)Cn1c(=NC(=O)C2CCCCN2S(=O)(=O)c2ccc(Cl)s2)sc2cccc(F)c21. The number of sulfonamides is 1. The van der Waals surface area contributed by atoms with Crippen LogP contribution in [0.3, 0.4) is 0 Å². The van der Waals surface area contributed by atoms with Crippen molar-refractivity contribution in [1.29, 1.82) is 0 Å². The lowest BCUT2D eigenvalue weighted by Gasteiger charge is -2.31. The fourth-order valence-corrected chi connectivity index (χ4v) is 8.13. The molecule has 0 aliphatic carbocycles. The van der Waals surface area contributed by atoms with Gasteiger partial charge in [-0.25, -0.2) is 12.8 Å². The van der Waals surface area contributed by atoms with Crippen LogP contribution in [0, 0.1) is 5.82 Å². The Labute approximate surface area is 208 Å². The maximum absolute atomic E-state index is 14.6. The first-order valence-electron chi connectivity index (χ1n) is 10.5. The summed E-state index contributed by atoms with van der Waals surface area (Å²) in [6.07, 6.45) is 1.57. The van der Waals surface area contributed by atoms with E-state index in [-0.39, 0.29) is 34.2 Å². The standard InChI is InChI=1S/C21H21ClFN3O5S3/c1-2-31-17(27)12-25-19-13(23)6-5-8-15(19)32-21(25)24-20(28)14-7-3-4-11-26(14)34(29,30)18-10-9-16(22)33-18/h5-6,8-10,14H,2-4,7,11-12H2,1H3. The lowest BCUT2D eigenvalue weighted by molar-refractivity contribution is -0.143. The second kappa shape index (κ2) is 10.2. The van der Waals surface area contributed by atoms with Gasteiger partial charge in [0.25, 0.3) is 15.9 Å². The highest BCUT2D eigenvalue weighted by Crippen LogP contribution is 2.32. The topological polar surface area (TPSA) is 98.0 Å². The summed E-state index contributed by atoms with van der Waals surface area (Å²) in [5.74, 6) is -1.84. The highest BCUT2D eigenvalue weighted by atomic mass is 35.5. The van der Waals surface area contributed by atoms with Gasteiger partial charge < -0.3 is 9.30 Å². The molecule has 0 saturated carbocycles. The minimum absolute atomic E-state index is 0.0542. The van der Waals surface area contributed by atoms with E-state index in [0.29, 0.717) is 28.3 Å². The fraction of sp³-hybridized carbons (Fsp3) is 0.381. The van der Waals surface area contributed by atoms with Crippen LogP contribution in [-0.2, 0) is 30.9 Å². The van der Waals surface area contributed by atoms with Crippen LogP contribution in [0.1, 0.15) is 26.2 Å². The summed E-state index contributed by atoms with van der Waals surface area (Å²) in [6, 6.07) is 6.34. The minimum atomic E-state index is -3.95. The predicted octanol–water partition coefficient (Wildman–Crippen LogP) is 3.79. The van der Waals surface area contributed by atoms with E-state index in [9.17, 15) is 22.4 Å². The molecule has 13 heteroatoms. The summed E-state index contributed by atoms with van der Waals surface area (Å²) >= 11 is 7.89. The molecule has 0 radical (unpaired) electrons. The van der Waals surface area contributed by atoms with Gasteiger partial charge in [0, 0.05) is 6.54 Å². The Morgan fingerprint density at radius 2 is 2.03 bits per heavy atom. The first-order chi connectivity index (χ1) is 16.2. The third-order valence-corrected chi connectivity index (χ3v) is 9.95. The number of carbonyl (C=O) groups is 2. The number of aromatic nitrogens is 1. The molecule has 3 aromatic rings. The van der Waals surface area contributed by atoms with Crippen molar-refractivity contribution in [2.24, 2.45) is 4.99 Å². The van der Waals surface area contributed by atoms with Crippen LogP contribution in [0.2, 0.25) is 4.34 Å². The maximum atomic E-state index is 14.6. The second-order valence-electron chi connectivity index (χ2n) is 7.50. The molecule has 0 bridgehead atoms. The number of piperidine rings is 1. The smallest absolute Gasteiger partial charge is 0.326 e. The van der Waals surface area contributed by atoms with Gasteiger partial charge >= 0.3 is 5.97 Å². The summed E-state index contributed by atoms with van der Waals surface area (Å²) in [6.45, 7) is 1.65. The summed E-state index contributed by atoms with van der Waals surface area (Å²) in [5, 5.41) is 0. The van der Waals surface area contributed by atoms with Gasteiger partial charge in [0.05, 0.1) is 21.2 Å². The van der Waals surface area contributed by atoms with Gasteiger partial charge in [-0.3, -0.25) is 9.59 Å². The van der Waals surface area contributed by atoms with Crippen molar-refractivity contribution in [3.05, 3.63) is 45.3 Å². The average Bonchev–Trinajstić information content (AvgIpc) is 3.39. The molecule has 1 aliphatic heterocycles. The van der Waals surface area contributed by atoms with Gasteiger partial charge in [0.2, 0.25) is 0 Å². The first kappa shape index (κ1) is 25.0. The molecule has 4 rings (SSSR count). The monoisotopic (exact) mass is 545 g/mol. The Balaban J connectivity index is 1.76. The Morgan fingerprint density at radius 1 is 1.24 bits per heavy atom. The van der Waals surface area contributed by atoms with Crippen LogP contribution in [-0.4, -0.2) is 48.4 Å². The van der Waals surface area contributed by atoms with Crippen LogP contribution in [0.4, 0.5) is 4.39 Å². The molecule has 0 spiro atoms. The first-order valence-corrected chi connectivity index (χ1v) is 14.0. The molecule has 1 fully saturated rings. The second-order valence-corrected chi connectivity index (χ2v) is 12.3. The molecule has 3 heterocycles. The fourth-order valence-electron chi connectivity index (χ4n) is 3.81. The number of ether oxygens (including phenoxy) is 1. The van der Waals surface area contributed by atoms with Crippen LogP contribution in [0.5, 0.6) is 0 Å². The number of halogens is 2. The van der Waals surface area contributed by atoms with E-state index in [4.69, 9.17) is 16.3 Å². The van der Waals surface area contributed by atoms with Crippen molar-refractivity contribution < 1.29 is 27.1 Å². The zero-order chi connectivity index (χ0) is 24.5. The Hall–Kier alpha value is -2.12. The van der Waals surface area contributed by atoms with E-state index in [1.54, 1.807) is 13.0 Å². The number of nitrogens with zero attached hydrogens (tertiary/aromatic N) is 3. The number of thiazole rings is 1. The summed E-state index contributed by atoms with van der Waals surface area (Å²) in [4.78, 5) is 29.7. The zero-order valence-electron chi connectivity index (χ0n) is 18.1. The minimum Gasteiger partial charge on any atom is -0.465 e. The number of benzene rings is 1. The molecule has 2 aromatic heterocycles. The third kappa shape index (κ3) is 4.96. The van der Waals surface area contributed by atoms with E-state index >= 15 is 0 Å². The summed E-state index contributed by atoms with van der Waals surface area (Å²) < 4.78 is 49.4. The molecular formula is C21H21ClFN3O5S3. The van der Waals surface area contributed by atoms with E-state index in [0.717, 1.165) is 27.0 Å². The van der Waals surface area contributed by atoms with Gasteiger partial charge in [-0.1, -0.05) is 35.4 Å². The molecule has 182 valence electrons. The van der Waals surface area contributed by atoms with Gasteiger partial charge in [0.15, 0.2) is 4.80 Å². The molecule has 0 N–H and O–H groups in total. The molecule has 1 aliphatic rings. The Morgan fingerprint density at radius 3 is 2.74 bits per heavy atom. The lowest BCUT2D eigenvalue weighted by atomic mass is 10.0.